The molecule has 1 aromatic rings. The molecule has 2 fully saturated rings. The number of allylic oxidation sites excluding steroid dienone is 1. The standard InChI is InChI=1S/C25H30O4/c1-14(26)11-21(27)15(2)16-6-8-18-17(12-16)7-9-20-19(18)13-23-25(29-23)10-4-5-22(28)24(20,25)3/h4-6,8,12,15,19-21,23,27H,7,9-11,13H2,1-3H3/t15-,19-,20-,21-,23-,24-,25-/m0/s1. The van der Waals surface area contributed by atoms with Crippen molar-refractivity contribution >= 4 is 11.6 Å². The molecule has 0 radical (unpaired) electrons. The van der Waals surface area contributed by atoms with E-state index >= 15 is 0 Å². The van der Waals surface area contributed by atoms with Crippen molar-refractivity contribution in [2.24, 2.45) is 11.3 Å². The molecule has 4 nitrogen and oxygen atoms in total. The molecule has 1 saturated heterocycles. The van der Waals surface area contributed by atoms with Gasteiger partial charge in [0, 0.05) is 12.3 Å². The number of hydrogen-bond acceptors (Lipinski definition) is 4. The number of carbonyl (C=O) groups is 2. The van der Waals surface area contributed by atoms with Gasteiger partial charge in [0.25, 0.3) is 0 Å². The lowest BCUT2D eigenvalue weighted by atomic mass is 9.49. The summed E-state index contributed by atoms with van der Waals surface area (Å²) in [4.78, 5) is 24.4. The second-order valence-electron chi connectivity index (χ2n) is 9.88. The lowest BCUT2D eigenvalue weighted by molar-refractivity contribution is -0.134. The molecule has 5 rings (SSSR count). The second kappa shape index (κ2) is 6.36. The smallest absolute Gasteiger partial charge is 0.164 e. The highest BCUT2D eigenvalue weighted by molar-refractivity contribution is 5.98. The number of hydrogen-bond donors (Lipinski definition) is 1. The molecule has 0 aromatic heterocycles. The number of carbonyl (C=O) groups excluding carboxylic acids is 2. The van der Waals surface area contributed by atoms with Gasteiger partial charge in [-0.15, -0.1) is 0 Å². The lowest BCUT2D eigenvalue weighted by Gasteiger charge is -2.51. The number of ketones is 2. The summed E-state index contributed by atoms with van der Waals surface area (Å²) in [6.07, 6.45) is 7.32. The Morgan fingerprint density at radius 2 is 2.17 bits per heavy atom. The van der Waals surface area contributed by atoms with Gasteiger partial charge < -0.3 is 9.84 Å². The Kier molecular flexibility index (Phi) is 4.21. The fourth-order valence-corrected chi connectivity index (χ4v) is 6.65. The number of rotatable bonds is 4. The van der Waals surface area contributed by atoms with Crippen molar-refractivity contribution in [3.63, 3.8) is 0 Å². The zero-order chi connectivity index (χ0) is 20.6. The lowest BCUT2D eigenvalue weighted by Crippen LogP contribution is -2.56. The Balaban J connectivity index is 1.46. The minimum atomic E-state index is -0.650. The first-order chi connectivity index (χ1) is 13.8. The fraction of sp³-hybridized carbons (Fsp3) is 0.600. The van der Waals surface area contributed by atoms with E-state index in [4.69, 9.17) is 4.74 Å². The van der Waals surface area contributed by atoms with Crippen LogP contribution >= 0.6 is 0 Å². The molecule has 1 heterocycles. The summed E-state index contributed by atoms with van der Waals surface area (Å²) in [5.74, 6) is 0.848. The average molecular weight is 395 g/mol. The van der Waals surface area contributed by atoms with E-state index in [1.807, 2.05) is 13.0 Å². The van der Waals surface area contributed by atoms with Crippen molar-refractivity contribution in [3.05, 3.63) is 47.0 Å². The summed E-state index contributed by atoms with van der Waals surface area (Å²) in [6, 6.07) is 6.54. The molecule has 0 bridgehead atoms. The third-order valence-electron chi connectivity index (χ3n) is 8.48. The highest BCUT2D eigenvalue weighted by Crippen LogP contribution is 2.69. The van der Waals surface area contributed by atoms with Crippen LogP contribution in [-0.4, -0.2) is 34.5 Å². The van der Waals surface area contributed by atoms with E-state index in [0.29, 0.717) is 11.8 Å². The molecular weight excluding hydrogens is 364 g/mol. The quantitative estimate of drug-likeness (QED) is 0.788. The topological polar surface area (TPSA) is 66.9 Å². The number of benzene rings is 1. The Morgan fingerprint density at radius 1 is 1.38 bits per heavy atom. The van der Waals surface area contributed by atoms with Crippen LogP contribution in [0.3, 0.4) is 0 Å². The van der Waals surface area contributed by atoms with Gasteiger partial charge >= 0.3 is 0 Å². The summed E-state index contributed by atoms with van der Waals surface area (Å²) < 4.78 is 6.24. The van der Waals surface area contributed by atoms with Gasteiger partial charge in [-0.2, -0.15) is 0 Å². The Hall–Kier alpha value is -1.78. The summed E-state index contributed by atoms with van der Waals surface area (Å²) in [5.41, 5.74) is 3.10. The minimum Gasteiger partial charge on any atom is -0.392 e. The van der Waals surface area contributed by atoms with Crippen LogP contribution < -0.4 is 0 Å². The van der Waals surface area contributed by atoms with Crippen LogP contribution in [0.1, 0.15) is 75.0 Å². The van der Waals surface area contributed by atoms with Crippen molar-refractivity contribution in [1.29, 1.82) is 0 Å². The number of aliphatic hydroxyl groups excluding tert-OH is 1. The largest absolute Gasteiger partial charge is 0.392 e. The van der Waals surface area contributed by atoms with E-state index in [9.17, 15) is 14.7 Å². The first-order valence-corrected chi connectivity index (χ1v) is 11.0. The van der Waals surface area contributed by atoms with Crippen molar-refractivity contribution in [1.82, 2.24) is 0 Å². The predicted octanol–water partition coefficient (Wildman–Crippen LogP) is 3.85. The molecule has 1 spiro atoms. The first-order valence-electron chi connectivity index (χ1n) is 11.0. The number of aliphatic hydroxyl groups is 1. The van der Waals surface area contributed by atoms with Crippen LogP contribution in [0, 0.1) is 11.3 Å². The highest BCUT2D eigenvalue weighted by Gasteiger charge is 2.75. The van der Waals surface area contributed by atoms with Crippen molar-refractivity contribution < 1.29 is 19.4 Å². The fourth-order valence-electron chi connectivity index (χ4n) is 6.65. The van der Waals surface area contributed by atoms with E-state index in [1.165, 1.54) is 18.1 Å². The maximum atomic E-state index is 13.0. The summed E-state index contributed by atoms with van der Waals surface area (Å²) in [5, 5.41) is 10.4. The van der Waals surface area contributed by atoms with Crippen LogP contribution in [0.5, 0.6) is 0 Å². The van der Waals surface area contributed by atoms with Crippen LogP contribution in [0.25, 0.3) is 0 Å². The summed E-state index contributed by atoms with van der Waals surface area (Å²) >= 11 is 0. The zero-order valence-electron chi connectivity index (χ0n) is 17.5. The highest BCUT2D eigenvalue weighted by atomic mass is 16.6. The number of epoxide rings is 1. The number of Topliss-reactive ketones (excluding diaryl/α,β-unsaturated/α-hetero) is 1. The molecule has 1 saturated carbocycles. The van der Waals surface area contributed by atoms with E-state index in [2.05, 4.69) is 25.1 Å². The van der Waals surface area contributed by atoms with Crippen molar-refractivity contribution in [2.45, 2.75) is 82.5 Å². The normalized spacial score (nSPS) is 38.9. The van der Waals surface area contributed by atoms with E-state index in [1.54, 1.807) is 6.08 Å². The van der Waals surface area contributed by atoms with Gasteiger partial charge in [-0.1, -0.05) is 31.2 Å². The monoisotopic (exact) mass is 394 g/mol. The van der Waals surface area contributed by atoms with Gasteiger partial charge in [-0.05, 0) is 74.1 Å². The third kappa shape index (κ3) is 2.58. The molecule has 29 heavy (non-hydrogen) atoms. The maximum Gasteiger partial charge on any atom is 0.164 e. The molecule has 154 valence electrons. The Labute approximate surface area is 172 Å². The number of fused-ring (bicyclic) bond motifs is 4. The van der Waals surface area contributed by atoms with Crippen LogP contribution in [0.2, 0.25) is 0 Å². The van der Waals surface area contributed by atoms with Gasteiger partial charge in [0.1, 0.15) is 11.4 Å². The summed E-state index contributed by atoms with van der Waals surface area (Å²) in [6.45, 7) is 5.66. The zero-order valence-corrected chi connectivity index (χ0v) is 17.5. The van der Waals surface area contributed by atoms with E-state index < -0.39 is 11.5 Å². The molecular formula is C25H30O4. The minimum absolute atomic E-state index is 0.0136. The molecule has 7 atom stereocenters. The Morgan fingerprint density at radius 3 is 2.93 bits per heavy atom. The molecule has 3 aliphatic carbocycles. The summed E-state index contributed by atoms with van der Waals surface area (Å²) in [7, 11) is 0. The van der Waals surface area contributed by atoms with Gasteiger partial charge in [-0.25, -0.2) is 0 Å². The van der Waals surface area contributed by atoms with Crippen LogP contribution in [0.15, 0.2) is 30.4 Å². The first kappa shape index (κ1) is 19.2. The molecule has 0 unspecified atom stereocenters. The van der Waals surface area contributed by atoms with Gasteiger partial charge in [0.15, 0.2) is 5.78 Å². The van der Waals surface area contributed by atoms with E-state index in [0.717, 1.165) is 31.2 Å². The molecule has 1 aliphatic heterocycles. The number of aryl methyl sites for hydroxylation is 1. The number of ether oxygens (including phenoxy) is 1. The maximum absolute atomic E-state index is 13.0. The average Bonchev–Trinajstić information content (AvgIpc) is 3.39. The Bertz CT molecular complexity index is 917. The van der Waals surface area contributed by atoms with Gasteiger partial charge in [-0.3, -0.25) is 9.59 Å². The van der Waals surface area contributed by atoms with E-state index in [-0.39, 0.29) is 35.6 Å². The second-order valence-corrected chi connectivity index (χ2v) is 9.88. The van der Waals surface area contributed by atoms with Crippen LogP contribution in [0.4, 0.5) is 0 Å². The van der Waals surface area contributed by atoms with Gasteiger partial charge in [0.2, 0.25) is 0 Å². The van der Waals surface area contributed by atoms with Crippen molar-refractivity contribution in [3.8, 4) is 0 Å². The van der Waals surface area contributed by atoms with Gasteiger partial charge in [0.05, 0.1) is 17.6 Å². The molecule has 1 aromatic carbocycles. The molecule has 1 N–H and O–H groups in total. The van der Waals surface area contributed by atoms with Crippen molar-refractivity contribution in [2.75, 3.05) is 0 Å². The third-order valence-corrected chi connectivity index (χ3v) is 8.48. The molecule has 4 aliphatic rings. The molecule has 4 heteroatoms. The predicted molar refractivity (Wildman–Crippen MR) is 110 cm³/mol. The van der Waals surface area contributed by atoms with Crippen LogP contribution in [-0.2, 0) is 20.7 Å². The SMILES string of the molecule is CC(=O)C[C@H](O)[C@@H](C)c1ccc2c(c1)CC[C@H]1[C@H]2C[C@@H]2O[C@@]23CC=CC(=O)[C@]13C. The molecule has 0 amide bonds.